The number of anilines is 1. The molecule has 0 amide bonds. The monoisotopic (exact) mass is 284 g/mol. The molecular weight excluding hydrogens is 264 g/mol. The lowest BCUT2D eigenvalue weighted by Gasteiger charge is -2.25. The number of nitrogens with zero attached hydrogens (tertiary/aromatic N) is 2. The van der Waals surface area contributed by atoms with Crippen LogP contribution in [0.15, 0.2) is 0 Å². The van der Waals surface area contributed by atoms with E-state index in [0.717, 1.165) is 12.8 Å². The summed E-state index contributed by atoms with van der Waals surface area (Å²) in [7, 11) is 3.22. The van der Waals surface area contributed by atoms with Crippen LogP contribution in [0, 0.1) is 0 Å². The Morgan fingerprint density at radius 1 is 1.37 bits per heavy atom. The minimum Gasteiger partial charge on any atom is -0.464 e. The Balaban J connectivity index is 3.17. The van der Waals surface area contributed by atoms with E-state index in [1.165, 1.54) is 25.4 Å². The molecule has 0 aliphatic carbocycles. The highest BCUT2D eigenvalue weighted by molar-refractivity contribution is 7.17. The summed E-state index contributed by atoms with van der Waals surface area (Å²) in [4.78, 5) is 29.9. The van der Waals surface area contributed by atoms with Crippen LogP contribution < -0.4 is 4.90 Å². The Morgan fingerprint density at radius 2 is 1.95 bits per heavy atom. The van der Waals surface area contributed by atoms with Crippen LogP contribution in [0.3, 0.4) is 0 Å². The summed E-state index contributed by atoms with van der Waals surface area (Å²) in [5, 5.41) is 0.680. The number of methoxy groups -OCH3 is 1. The largest absolute Gasteiger partial charge is 0.464 e. The lowest BCUT2D eigenvalue weighted by molar-refractivity contribution is 0.0591. The maximum absolute atomic E-state index is 11.6. The second-order valence-corrected chi connectivity index (χ2v) is 5.28. The van der Waals surface area contributed by atoms with Crippen molar-refractivity contribution in [2.24, 2.45) is 0 Å². The summed E-state index contributed by atoms with van der Waals surface area (Å²) in [6.45, 7) is 5.64. The van der Waals surface area contributed by atoms with Gasteiger partial charge in [0.1, 0.15) is 4.88 Å². The summed E-state index contributed by atoms with van der Waals surface area (Å²) in [5.74, 6) is -0.729. The molecule has 1 aromatic heterocycles. The maximum Gasteiger partial charge on any atom is 0.358 e. The van der Waals surface area contributed by atoms with E-state index in [0.29, 0.717) is 16.1 Å². The fraction of sp³-hybridized carbons (Fsp3) is 0.615. The lowest BCUT2D eigenvalue weighted by Crippen LogP contribution is -2.30. The number of hydrogen-bond acceptors (Lipinski definition) is 6. The first-order valence-corrected chi connectivity index (χ1v) is 7.10. The summed E-state index contributed by atoms with van der Waals surface area (Å²) in [6, 6.07) is 0.344. The number of carbonyl (C=O) groups is 2. The Hall–Kier alpha value is -1.43. The zero-order chi connectivity index (χ0) is 14.6. The fourth-order valence-corrected chi connectivity index (χ4v) is 2.91. The van der Waals surface area contributed by atoms with Crippen molar-refractivity contribution < 1.29 is 14.3 Å². The van der Waals surface area contributed by atoms with Crippen LogP contribution in [-0.4, -0.2) is 36.9 Å². The number of Topliss-reactive ketones (excluding diaryl/α,β-unsaturated/α-hetero) is 1. The molecule has 0 radical (unpaired) electrons. The van der Waals surface area contributed by atoms with E-state index in [-0.39, 0.29) is 11.5 Å². The van der Waals surface area contributed by atoms with Crippen molar-refractivity contribution in [3.63, 3.8) is 0 Å². The number of ketones is 1. The van der Waals surface area contributed by atoms with Gasteiger partial charge in [-0.1, -0.05) is 25.2 Å². The average molecular weight is 284 g/mol. The minimum absolute atomic E-state index is 0.118. The van der Waals surface area contributed by atoms with Gasteiger partial charge < -0.3 is 9.64 Å². The van der Waals surface area contributed by atoms with Crippen molar-refractivity contribution in [2.45, 2.75) is 39.7 Å². The van der Waals surface area contributed by atoms with Gasteiger partial charge in [0, 0.05) is 20.0 Å². The Labute approximate surface area is 117 Å². The SMILES string of the molecule is CCC(CC)N(C)c1nc(C(=O)OC)c(C(C)=O)s1. The molecule has 0 atom stereocenters. The fourth-order valence-electron chi connectivity index (χ4n) is 1.93. The molecule has 5 nitrogen and oxygen atoms in total. The molecule has 0 aromatic carbocycles. The van der Waals surface area contributed by atoms with Crippen molar-refractivity contribution >= 4 is 28.2 Å². The van der Waals surface area contributed by atoms with Gasteiger partial charge in [0.15, 0.2) is 16.6 Å². The van der Waals surface area contributed by atoms with Gasteiger partial charge in [-0.25, -0.2) is 9.78 Å². The molecule has 0 saturated heterocycles. The van der Waals surface area contributed by atoms with Crippen LogP contribution in [0.5, 0.6) is 0 Å². The number of carbonyl (C=O) groups excluding carboxylic acids is 2. The zero-order valence-corrected chi connectivity index (χ0v) is 12.8. The van der Waals surface area contributed by atoms with Gasteiger partial charge in [0.2, 0.25) is 0 Å². The van der Waals surface area contributed by atoms with E-state index < -0.39 is 5.97 Å². The van der Waals surface area contributed by atoms with Crippen molar-refractivity contribution in [1.82, 2.24) is 4.98 Å². The molecule has 106 valence electrons. The third-order valence-electron chi connectivity index (χ3n) is 3.11. The van der Waals surface area contributed by atoms with Crippen molar-refractivity contribution in [2.75, 3.05) is 19.1 Å². The first-order chi connectivity index (χ1) is 8.96. The molecule has 0 saturated carbocycles. The van der Waals surface area contributed by atoms with Crippen LogP contribution in [0.4, 0.5) is 5.13 Å². The molecule has 0 unspecified atom stereocenters. The predicted molar refractivity (Wildman–Crippen MR) is 76.2 cm³/mol. The molecule has 0 aliphatic heterocycles. The quantitative estimate of drug-likeness (QED) is 0.594. The average Bonchev–Trinajstić information content (AvgIpc) is 2.84. The Kier molecular flexibility index (Phi) is 5.47. The highest BCUT2D eigenvalue weighted by Crippen LogP contribution is 2.29. The maximum atomic E-state index is 11.6. The summed E-state index contributed by atoms with van der Waals surface area (Å²) >= 11 is 1.24. The molecule has 1 heterocycles. The van der Waals surface area contributed by atoms with Gasteiger partial charge >= 0.3 is 5.97 Å². The van der Waals surface area contributed by atoms with Gasteiger partial charge in [-0.3, -0.25) is 4.79 Å². The number of rotatable bonds is 6. The second-order valence-electron chi connectivity index (χ2n) is 4.30. The first kappa shape index (κ1) is 15.6. The molecule has 1 rings (SSSR count). The van der Waals surface area contributed by atoms with Crippen molar-refractivity contribution in [3.05, 3.63) is 10.6 Å². The van der Waals surface area contributed by atoms with Gasteiger partial charge in [0.25, 0.3) is 0 Å². The molecule has 0 aliphatic rings. The minimum atomic E-state index is -0.564. The number of esters is 1. The van der Waals surface area contributed by atoms with E-state index in [1.807, 2.05) is 11.9 Å². The van der Waals surface area contributed by atoms with Gasteiger partial charge in [-0.05, 0) is 12.8 Å². The lowest BCUT2D eigenvalue weighted by atomic mass is 10.1. The summed E-state index contributed by atoms with van der Waals surface area (Å²) in [6.07, 6.45) is 1.96. The highest BCUT2D eigenvalue weighted by Gasteiger charge is 2.24. The Morgan fingerprint density at radius 3 is 2.37 bits per heavy atom. The van der Waals surface area contributed by atoms with Crippen molar-refractivity contribution in [1.29, 1.82) is 0 Å². The molecule has 19 heavy (non-hydrogen) atoms. The second kappa shape index (κ2) is 6.65. The zero-order valence-electron chi connectivity index (χ0n) is 12.0. The number of thiazole rings is 1. The molecule has 0 spiro atoms. The van der Waals surface area contributed by atoms with E-state index >= 15 is 0 Å². The predicted octanol–water partition coefficient (Wildman–Crippen LogP) is 2.76. The van der Waals surface area contributed by atoms with E-state index in [1.54, 1.807) is 0 Å². The van der Waals surface area contributed by atoms with Gasteiger partial charge in [0.05, 0.1) is 7.11 Å². The van der Waals surface area contributed by atoms with Crippen LogP contribution in [0.25, 0.3) is 0 Å². The van der Waals surface area contributed by atoms with E-state index in [4.69, 9.17) is 0 Å². The number of ether oxygens (including phenoxy) is 1. The van der Waals surface area contributed by atoms with Gasteiger partial charge in [-0.15, -0.1) is 0 Å². The van der Waals surface area contributed by atoms with E-state index in [9.17, 15) is 9.59 Å². The van der Waals surface area contributed by atoms with Crippen LogP contribution in [0.2, 0.25) is 0 Å². The van der Waals surface area contributed by atoms with Crippen LogP contribution in [-0.2, 0) is 4.74 Å². The first-order valence-electron chi connectivity index (χ1n) is 6.29. The molecular formula is C13H20N2O3S. The van der Waals surface area contributed by atoms with Crippen LogP contribution in [0.1, 0.15) is 53.8 Å². The molecule has 1 aromatic rings. The molecule has 0 fully saturated rings. The summed E-state index contributed by atoms with van der Waals surface area (Å²) < 4.78 is 4.67. The molecule has 0 bridgehead atoms. The smallest absolute Gasteiger partial charge is 0.358 e. The normalized spacial score (nSPS) is 10.6. The van der Waals surface area contributed by atoms with Crippen molar-refractivity contribution in [3.8, 4) is 0 Å². The third-order valence-corrected chi connectivity index (χ3v) is 4.35. The topological polar surface area (TPSA) is 59.5 Å². The van der Waals surface area contributed by atoms with Crippen LogP contribution >= 0.6 is 11.3 Å². The Bertz CT molecular complexity index is 466. The molecule has 6 heteroatoms. The highest BCUT2D eigenvalue weighted by atomic mass is 32.1. The molecule has 0 N–H and O–H groups in total. The summed E-state index contributed by atoms with van der Waals surface area (Å²) in [5.41, 5.74) is 0.118. The van der Waals surface area contributed by atoms with E-state index in [2.05, 4.69) is 23.6 Å². The number of hydrogen-bond donors (Lipinski definition) is 0. The third kappa shape index (κ3) is 3.32. The standard InChI is InChI=1S/C13H20N2O3S/c1-6-9(7-2)15(4)13-14-10(12(17)18-5)11(19-13)8(3)16/h9H,6-7H2,1-5H3. The van der Waals surface area contributed by atoms with Gasteiger partial charge in [-0.2, -0.15) is 0 Å². The number of aromatic nitrogens is 1.